The van der Waals surface area contributed by atoms with E-state index in [9.17, 15) is 0 Å². The first-order chi connectivity index (χ1) is 9.78. The number of methoxy groups -OCH3 is 1. The van der Waals surface area contributed by atoms with Crippen molar-refractivity contribution in [3.8, 4) is 11.4 Å². The van der Waals surface area contributed by atoms with E-state index in [0.717, 1.165) is 24.5 Å². The number of nitrogens with zero attached hydrogens (tertiary/aromatic N) is 5. The van der Waals surface area contributed by atoms with Crippen LogP contribution in [0.4, 0.5) is 0 Å². The van der Waals surface area contributed by atoms with E-state index in [4.69, 9.17) is 4.74 Å². The van der Waals surface area contributed by atoms with Gasteiger partial charge in [0.2, 0.25) is 0 Å². The molecular formula is C14H19N5O. The molecule has 106 valence electrons. The molecular weight excluding hydrogens is 254 g/mol. The highest BCUT2D eigenvalue weighted by molar-refractivity contribution is 5.45. The van der Waals surface area contributed by atoms with E-state index in [0.29, 0.717) is 5.82 Å². The first kappa shape index (κ1) is 14.0. The Bertz CT molecular complexity index is 557. The predicted octanol–water partition coefficient (Wildman–Crippen LogP) is 1.98. The van der Waals surface area contributed by atoms with Gasteiger partial charge in [-0.1, -0.05) is 0 Å². The van der Waals surface area contributed by atoms with Gasteiger partial charge in [-0.3, -0.25) is 0 Å². The molecule has 0 N–H and O–H groups in total. The zero-order valence-corrected chi connectivity index (χ0v) is 12.0. The van der Waals surface area contributed by atoms with Crippen LogP contribution in [0.2, 0.25) is 0 Å². The van der Waals surface area contributed by atoms with E-state index in [1.165, 1.54) is 0 Å². The first-order valence-electron chi connectivity index (χ1n) is 6.63. The fraction of sp³-hybridized carbons (Fsp3) is 0.357. The molecule has 0 spiro atoms. The van der Waals surface area contributed by atoms with Crippen LogP contribution in [-0.4, -0.2) is 45.3 Å². The number of rotatable bonds is 6. The molecule has 20 heavy (non-hydrogen) atoms. The third-order valence-electron chi connectivity index (χ3n) is 3.06. The van der Waals surface area contributed by atoms with Crippen molar-refractivity contribution in [2.24, 2.45) is 0 Å². The Kier molecular flexibility index (Phi) is 4.70. The van der Waals surface area contributed by atoms with Crippen molar-refractivity contribution < 1.29 is 4.74 Å². The summed E-state index contributed by atoms with van der Waals surface area (Å²) in [4.78, 5) is 2.17. The molecule has 0 aliphatic carbocycles. The van der Waals surface area contributed by atoms with Gasteiger partial charge in [0.15, 0.2) is 5.82 Å². The molecule has 0 bridgehead atoms. The molecule has 0 aliphatic rings. The van der Waals surface area contributed by atoms with Crippen LogP contribution in [0.3, 0.4) is 0 Å². The fourth-order valence-corrected chi connectivity index (χ4v) is 1.81. The molecule has 6 heteroatoms. The zero-order valence-electron chi connectivity index (χ0n) is 12.0. The van der Waals surface area contributed by atoms with E-state index < -0.39 is 0 Å². The Morgan fingerprint density at radius 2 is 1.90 bits per heavy atom. The minimum atomic E-state index is 0.696. The monoisotopic (exact) mass is 273 g/mol. The SMILES string of the molecule is CCN(/C=C/c1nnnn1-c1ccc(OC)cc1)CC. The maximum absolute atomic E-state index is 5.14. The second-order valence-corrected chi connectivity index (χ2v) is 4.18. The van der Waals surface area contributed by atoms with E-state index >= 15 is 0 Å². The molecule has 0 amide bonds. The Hall–Kier alpha value is -2.37. The van der Waals surface area contributed by atoms with Crippen molar-refractivity contribution in [3.05, 3.63) is 36.3 Å². The highest BCUT2D eigenvalue weighted by atomic mass is 16.5. The van der Waals surface area contributed by atoms with Crippen LogP contribution >= 0.6 is 0 Å². The summed E-state index contributed by atoms with van der Waals surface area (Å²) in [6.07, 6.45) is 3.92. The molecule has 0 saturated carbocycles. The largest absolute Gasteiger partial charge is 0.497 e. The summed E-state index contributed by atoms with van der Waals surface area (Å²) in [5.41, 5.74) is 0.898. The Balaban J connectivity index is 2.23. The molecule has 6 nitrogen and oxygen atoms in total. The molecule has 2 rings (SSSR count). The molecule has 2 aromatic rings. The second-order valence-electron chi connectivity index (χ2n) is 4.18. The molecule has 0 saturated heterocycles. The number of tetrazole rings is 1. The Labute approximate surface area is 118 Å². The molecule has 1 heterocycles. The minimum absolute atomic E-state index is 0.696. The van der Waals surface area contributed by atoms with Crippen molar-refractivity contribution >= 4 is 6.08 Å². The molecule has 0 radical (unpaired) electrons. The van der Waals surface area contributed by atoms with E-state index in [1.807, 2.05) is 36.5 Å². The fourth-order valence-electron chi connectivity index (χ4n) is 1.81. The van der Waals surface area contributed by atoms with Crippen molar-refractivity contribution in [1.29, 1.82) is 0 Å². The third-order valence-corrected chi connectivity index (χ3v) is 3.06. The van der Waals surface area contributed by atoms with Crippen molar-refractivity contribution in [2.45, 2.75) is 13.8 Å². The Morgan fingerprint density at radius 3 is 2.50 bits per heavy atom. The van der Waals surface area contributed by atoms with Crippen LogP contribution < -0.4 is 4.74 Å². The summed E-state index contributed by atoms with van der Waals surface area (Å²) in [5.74, 6) is 1.50. The predicted molar refractivity (Wildman–Crippen MR) is 77.7 cm³/mol. The highest BCUT2D eigenvalue weighted by Gasteiger charge is 2.05. The standard InChI is InChI=1S/C14H19N5O/c1-4-18(5-2)11-10-14-15-16-17-19(14)12-6-8-13(20-3)9-7-12/h6-11H,4-5H2,1-3H3/b11-10+. The van der Waals surface area contributed by atoms with Crippen LogP contribution in [-0.2, 0) is 0 Å². The summed E-state index contributed by atoms with van der Waals surface area (Å²) in [6.45, 7) is 6.13. The summed E-state index contributed by atoms with van der Waals surface area (Å²) < 4.78 is 6.84. The van der Waals surface area contributed by atoms with Gasteiger partial charge in [0, 0.05) is 25.4 Å². The maximum atomic E-state index is 5.14. The number of aromatic nitrogens is 4. The van der Waals surface area contributed by atoms with Gasteiger partial charge in [-0.15, -0.1) is 5.10 Å². The number of benzene rings is 1. The van der Waals surface area contributed by atoms with E-state index in [1.54, 1.807) is 11.8 Å². The second kappa shape index (κ2) is 6.70. The molecule has 0 fully saturated rings. The molecule has 0 aliphatic heterocycles. The first-order valence-corrected chi connectivity index (χ1v) is 6.63. The van der Waals surface area contributed by atoms with Gasteiger partial charge in [-0.2, -0.15) is 4.68 Å². The van der Waals surface area contributed by atoms with Crippen LogP contribution in [0.15, 0.2) is 30.5 Å². The van der Waals surface area contributed by atoms with Crippen LogP contribution in [0.1, 0.15) is 19.7 Å². The van der Waals surface area contributed by atoms with Crippen molar-refractivity contribution in [3.63, 3.8) is 0 Å². The quantitative estimate of drug-likeness (QED) is 0.805. The van der Waals surface area contributed by atoms with Gasteiger partial charge in [0.05, 0.1) is 12.8 Å². The van der Waals surface area contributed by atoms with Gasteiger partial charge in [-0.25, -0.2) is 0 Å². The number of ether oxygens (including phenoxy) is 1. The summed E-state index contributed by atoms with van der Waals surface area (Å²) >= 11 is 0. The van der Waals surface area contributed by atoms with Gasteiger partial charge in [0.25, 0.3) is 0 Å². The highest BCUT2D eigenvalue weighted by Crippen LogP contribution is 2.15. The average molecular weight is 273 g/mol. The lowest BCUT2D eigenvalue weighted by atomic mass is 10.3. The third kappa shape index (κ3) is 3.14. The van der Waals surface area contributed by atoms with Crippen LogP contribution in [0, 0.1) is 0 Å². The summed E-state index contributed by atoms with van der Waals surface area (Å²) in [7, 11) is 1.64. The number of hydrogen-bond acceptors (Lipinski definition) is 5. The molecule has 1 aromatic heterocycles. The lowest BCUT2D eigenvalue weighted by molar-refractivity contribution is 0.414. The topological polar surface area (TPSA) is 56.1 Å². The zero-order chi connectivity index (χ0) is 14.4. The minimum Gasteiger partial charge on any atom is -0.497 e. The van der Waals surface area contributed by atoms with Crippen LogP contribution in [0.5, 0.6) is 5.75 Å². The molecule has 0 unspecified atom stereocenters. The van der Waals surface area contributed by atoms with Crippen molar-refractivity contribution in [2.75, 3.05) is 20.2 Å². The van der Waals surface area contributed by atoms with E-state index in [2.05, 4.69) is 34.3 Å². The number of hydrogen-bond donors (Lipinski definition) is 0. The van der Waals surface area contributed by atoms with Crippen molar-refractivity contribution in [1.82, 2.24) is 25.1 Å². The van der Waals surface area contributed by atoms with Crippen LogP contribution in [0.25, 0.3) is 11.8 Å². The lowest BCUT2D eigenvalue weighted by Gasteiger charge is -2.14. The molecule has 1 aromatic carbocycles. The average Bonchev–Trinajstić information content (AvgIpc) is 2.97. The van der Waals surface area contributed by atoms with Gasteiger partial charge >= 0.3 is 0 Å². The lowest BCUT2D eigenvalue weighted by Crippen LogP contribution is -2.15. The molecule has 0 atom stereocenters. The summed E-state index contributed by atoms with van der Waals surface area (Å²) in [6, 6.07) is 7.61. The van der Waals surface area contributed by atoms with E-state index in [-0.39, 0.29) is 0 Å². The van der Waals surface area contributed by atoms with Gasteiger partial charge in [-0.05, 0) is 48.5 Å². The Morgan fingerprint density at radius 1 is 1.20 bits per heavy atom. The summed E-state index contributed by atoms with van der Waals surface area (Å²) in [5, 5.41) is 11.8. The normalized spacial score (nSPS) is 10.9. The van der Waals surface area contributed by atoms with Gasteiger partial charge < -0.3 is 9.64 Å². The smallest absolute Gasteiger partial charge is 0.181 e. The van der Waals surface area contributed by atoms with Gasteiger partial charge in [0.1, 0.15) is 5.75 Å². The maximum Gasteiger partial charge on any atom is 0.181 e.